The van der Waals surface area contributed by atoms with E-state index in [2.05, 4.69) is 0 Å². The molecule has 0 saturated carbocycles. The maximum Gasteiger partial charge on any atom is 0.267 e. The lowest BCUT2D eigenvalue weighted by Gasteiger charge is -2.37. The molecule has 2 aromatic rings. The number of hydrogen-bond acceptors (Lipinski definition) is 7. The maximum absolute atomic E-state index is 12.9. The number of amides is 2. The Balaban J connectivity index is 1.09. The minimum absolute atomic E-state index is 0.0917. The van der Waals surface area contributed by atoms with Gasteiger partial charge in [-0.2, -0.15) is 0 Å². The van der Waals surface area contributed by atoms with E-state index in [4.69, 9.17) is 18.9 Å². The fourth-order valence-corrected chi connectivity index (χ4v) is 4.38. The van der Waals surface area contributed by atoms with Crippen LogP contribution >= 0.6 is 0 Å². The van der Waals surface area contributed by atoms with Crippen LogP contribution in [-0.4, -0.2) is 79.5 Å². The zero-order valence-corrected chi connectivity index (χ0v) is 19.4. The molecular formula is C26H28N2O7. The Labute approximate surface area is 203 Å². The molecule has 2 aromatic carbocycles. The monoisotopic (exact) mass is 480 g/mol. The Morgan fingerprint density at radius 2 is 1.46 bits per heavy atom. The minimum Gasteiger partial charge on any atom is -0.490 e. The highest BCUT2D eigenvalue weighted by atomic mass is 16.6. The number of ketones is 1. The molecule has 35 heavy (non-hydrogen) atoms. The van der Waals surface area contributed by atoms with Crippen LogP contribution in [0.4, 0.5) is 0 Å². The number of nitrogens with zero attached hydrogens (tertiary/aromatic N) is 2. The SMILES string of the molecule is O=C(CCC(=O)N1CCN(C(=O)[C@@H]2COc3ccccc3O2)CC1)c1ccc2c(c1)OCCCO2. The van der Waals surface area contributed by atoms with Gasteiger partial charge in [0.2, 0.25) is 12.0 Å². The summed E-state index contributed by atoms with van der Waals surface area (Å²) in [6.45, 7) is 2.98. The van der Waals surface area contributed by atoms with Crippen molar-refractivity contribution in [3.05, 3.63) is 48.0 Å². The van der Waals surface area contributed by atoms with Crippen molar-refractivity contribution in [3.63, 3.8) is 0 Å². The van der Waals surface area contributed by atoms with E-state index in [1.807, 2.05) is 12.1 Å². The molecule has 3 aliphatic rings. The first-order valence-electron chi connectivity index (χ1n) is 12.0. The van der Waals surface area contributed by atoms with Gasteiger partial charge in [0.1, 0.15) is 6.61 Å². The fourth-order valence-electron chi connectivity index (χ4n) is 4.38. The second-order valence-corrected chi connectivity index (χ2v) is 8.71. The molecule has 9 heteroatoms. The van der Waals surface area contributed by atoms with Crippen LogP contribution in [0, 0.1) is 0 Å². The number of piperazine rings is 1. The molecular weight excluding hydrogens is 452 g/mol. The zero-order chi connectivity index (χ0) is 24.2. The van der Waals surface area contributed by atoms with Crippen molar-refractivity contribution in [1.29, 1.82) is 0 Å². The van der Waals surface area contributed by atoms with Crippen LogP contribution in [0.15, 0.2) is 42.5 Å². The standard InChI is InChI=1S/C26H28N2O7/c29-19(18-6-8-21-23(16-18)33-15-3-14-32-21)7-9-25(30)27-10-12-28(13-11-27)26(31)24-17-34-20-4-1-2-5-22(20)35-24/h1-2,4-6,8,16,24H,3,7,9-15,17H2/t24-/m0/s1. The second-order valence-electron chi connectivity index (χ2n) is 8.71. The summed E-state index contributed by atoms with van der Waals surface area (Å²) >= 11 is 0. The summed E-state index contributed by atoms with van der Waals surface area (Å²) in [6.07, 6.45) is 0.336. The van der Waals surface area contributed by atoms with Gasteiger partial charge in [-0.05, 0) is 30.3 Å². The molecule has 3 aliphatic heterocycles. The minimum atomic E-state index is -0.694. The molecule has 0 bridgehead atoms. The summed E-state index contributed by atoms with van der Waals surface area (Å²) in [6, 6.07) is 12.4. The van der Waals surface area contributed by atoms with Gasteiger partial charge in [-0.1, -0.05) is 12.1 Å². The second kappa shape index (κ2) is 10.2. The molecule has 2 amide bonds. The van der Waals surface area contributed by atoms with Crippen LogP contribution in [0.3, 0.4) is 0 Å². The van der Waals surface area contributed by atoms with Crippen molar-refractivity contribution in [1.82, 2.24) is 9.80 Å². The number of rotatable bonds is 5. The number of carbonyl (C=O) groups excluding carboxylic acids is 3. The van der Waals surface area contributed by atoms with Gasteiger partial charge < -0.3 is 28.7 Å². The van der Waals surface area contributed by atoms with E-state index in [1.54, 1.807) is 40.1 Å². The fraction of sp³-hybridized carbons (Fsp3) is 0.423. The molecule has 184 valence electrons. The lowest BCUT2D eigenvalue weighted by molar-refractivity contribution is -0.146. The lowest BCUT2D eigenvalue weighted by Crippen LogP contribution is -2.55. The van der Waals surface area contributed by atoms with Gasteiger partial charge in [0, 0.05) is 51.0 Å². The summed E-state index contributed by atoms with van der Waals surface area (Å²) in [4.78, 5) is 41.7. The van der Waals surface area contributed by atoms with Gasteiger partial charge in [-0.3, -0.25) is 14.4 Å². The Morgan fingerprint density at radius 1 is 0.771 bits per heavy atom. The molecule has 5 rings (SSSR count). The van der Waals surface area contributed by atoms with E-state index >= 15 is 0 Å². The quantitative estimate of drug-likeness (QED) is 0.606. The van der Waals surface area contributed by atoms with E-state index in [0.717, 1.165) is 6.42 Å². The molecule has 1 atom stereocenters. The van der Waals surface area contributed by atoms with Gasteiger partial charge >= 0.3 is 0 Å². The van der Waals surface area contributed by atoms with Crippen molar-refractivity contribution >= 4 is 17.6 Å². The number of fused-ring (bicyclic) bond motifs is 2. The third-order valence-corrected chi connectivity index (χ3v) is 6.36. The van der Waals surface area contributed by atoms with Crippen LogP contribution in [0.1, 0.15) is 29.6 Å². The van der Waals surface area contributed by atoms with Crippen LogP contribution < -0.4 is 18.9 Å². The summed E-state index contributed by atoms with van der Waals surface area (Å²) in [5.74, 6) is 2.05. The summed E-state index contributed by atoms with van der Waals surface area (Å²) in [7, 11) is 0. The van der Waals surface area contributed by atoms with Crippen molar-refractivity contribution in [2.75, 3.05) is 46.0 Å². The van der Waals surface area contributed by atoms with E-state index < -0.39 is 6.10 Å². The Hall–Kier alpha value is -3.75. The zero-order valence-electron chi connectivity index (χ0n) is 19.4. The van der Waals surface area contributed by atoms with E-state index in [1.165, 1.54) is 0 Å². The maximum atomic E-state index is 12.9. The topological polar surface area (TPSA) is 94.6 Å². The first kappa shape index (κ1) is 23.0. The van der Waals surface area contributed by atoms with E-state index in [-0.39, 0.29) is 37.0 Å². The van der Waals surface area contributed by atoms with Crippen molar-refractivity contribution < 1.29 is 33.3 Å². The van der Waals surface area contributed by atoms with Crippen molar-refractivity contribution in [2.24, 2.45) is 0 Å². The molecule has 1 saturated heterocycles. The first-order valence-corrected chi connectivity index (χ1v) is 12.0. The van der Waals surface area contributed by atoms with Gasteiger partial charge in [-0.15, -0.1) is 0 Å². The van der Waals surface area contributed by atoms with Gasteiger partial charge in [-0.25, -0.2) is 0 Å². The molecule has 0 radical (unpaired) electrons. The summed E-state index contributed by atoms with van der Waals surface area (Å²) < 4.78 is 22.7. The number of carbonyl (C=O) groups is 3. The molecule has 0 N–H and O–H groups in total. The average molecular weight is 481 g/mol. The van der Waals surface area contributed by atoms with Gasteiger partial charge in [0.25, 0.3) is 5.91 Å². The molecule has 0 aromatic heterocycles. The molecule has 1 fully saturated rings. The number of para-hydroxylation sites is 2. The smallest absolute Gasteiger partial charge is 0.267 e. The normalized spacial score (nSPS) is 19.0. The first-order chi connectivity index (χ1) is 17.1. The molecule has 0 spiro atoms. The molecule has 0 unspecified atom stereocenters. The van der Waals surface area contributed by atoms with Crippen LogP contribution in [0.25, 0.3) is 0 Å². The van der Waals surface area contributed by atoms with Gasteiger partial charge in [0.05, 0.1) is 13.2 Å². The number of hydrogen-bond donors (Lipinski definition) is 0. The Morgan fingerprint density at radius 3 is 2.26 bits per heavy atom. The van der Waals surface area contributed by atoms with E-state index in [9.17, 15) is 14.4 Å². The average Bonchev–Trinajstić information content (AvgIpc) is 3.16. The Kier molecular flexibility index (Phi) is 6.74. The highest BCUT2D eigenvalue weighted by molar-refractivity contribution is 5.98. The number of ether oxygens (including phenoxy) is 4. The largest absolute Gasteiger partial charge is 0.490 e. The van der Waals surface area contributed by atoms with Crippen LogP contribution in [-0.2, 0) is 9.59 Å². The molecule has 3 heterocycles. The van der Waals surface area contributed by atoms with Crippen molar-refractivity contribution in [3.8, 4) is 23.0 Å². The van der Waals surface area contributed by atoms with Crippen LogP contribution in [0.5, 0.6) is 23.0 Å². The van der Waals surface area contributed by atoms with E-state index in [0.29, 0.717) is 68.0 Å². The molecule has 9 nitrogen and oxygen atoms in total. The third kappa shape index (κ3) is 5.18. The highest BCUT2D eigenvalue weighted by Gasteiger charge is 2.33. The van der Waals surface area contributed by atoms with Gasteiger partial charge in [0.15, 0.2) is 28.8 Å². The molecule has 0 aliphatic carbocycles. The Bertz CT molecular complexity index is 1110. The number of benzene rings is 2. The third-order valence-electron chi connectivity index (χ3n) is 6.36. The lowest BCUT2D eigenvalue weighted by atomic mass is 10.1. The predicted molar refractivity (Wildman–Crippen MR) is 125 cm³/mol. The van der Waals surface area contributed by atoms with Crippen LogP contribution in [0.2, 0.25) is 0 Å². The highest BCUT2D eigenvalue weighted by Crippen LogP contribution is 2.32. The number of Topliss-reactive ketones (excluding diaryl/α,β-unsaturated/α-hetero) is 1. The van der Waals surface area contributed by atoms with Crippen molar-refractivity contribution in [2.45, 2.75) is 25.4 Å². The predicted octanol–water partition coefficient (Wildman–Crippen LogP) is 2.32. The summed E-state index contributed by atoms with van der Waals surface area (Å²) in [5.41, 5.74) is 0.508. The summed E-state index contributed by atoms with van der Waals surface area (Å²) in [5, 5.41) is 0.